The monoisotopic (exact) mass is 189 g/mol. The summed E-state index contributed by atoms with van der Waals surface area (Å²) in [5.41, 5.74) is 0. The van der Waals surface area contributed by atoms with Crippen LogP contribution < -0.4 is 0 Å². The van der Waals surface area contributed by atoms with E-state index in [1.54, 1.807) is 0 Å². The topological polar surface area (TPSA) is 0 Å². The van der Waals surface area contributed by atoms with E-state index in [-0.39, 0.29) is 17.4 Å². The van der Waals surface area contributed by atoms with Gasteiger partial charge in [0.15, 0.2) is 17.4 Å². The van der Waals surface area contributed by atoms with Crippen molar-refractivity contribution >= 4 is 34.1 Å². The molecule has 0 amide bonds. The molecule has 0 unspecified atom stereocenters. The van der Waals surface area contributed by atoms with Crippen LogP contribution in [-0.4, -0.2) is 34.1 Å². The fraction of sp³-hybridized carbons (Fsp3) is 0. The van der Waals surface area contributed by atoms with Crippen LogP contribution in [0.15, 0.2) is 0 Å². The Morgan fingerprint density at radius 3 is 1.75 bits per heavy atom. The van der Waals surface area contributed by atoms with E-state index in [0.717, 1.165) is 0 Å². The molecule has 25 valence electrons. The van der Waals surface area contributed by atoms with Gasteiger partial charge in [-0.3, -0.25) is 0 Å². The van der Waals surface area contributed by atoms with E-state index in [1.807, 2.05) is 0 Å². The van der Waals surface area contributed by atoms with Crippen LogP contribution in [0.25, 0.3) is 0 Å². The molecule has 0 fully saturated rings. The summed E-state index contributed by atoms with van der Waals surface area (Å²) in [7, 11) is 2.08. The van der Waals surface area contributed by atoms with Crippen molar-refractivity contribution in [2.45, 2.75) is 0 Å². The Bertz CT molecular complexity index is 6.00. The Morgan fingerprint density at radius 2 is 1.75 bits per heavy atom. The Labute approximate surface area is 53.0 Å². The minimum absolute atomic E-state index is 0. The second-order valence-electron chi connectivity index (χ2n) is 0.289. The normalized spacial score (nSPS) is 8.00. The Morgan fingerprint density at radius 1 is 1.75 bits per heavy atom. The third-order valence-corrected chi connectivity index (χ3v) is 0. The van der Waals surface area contributed by atoms with Crippen molar-refractivity contribution in [3.8, 4) is 0 Å². The molecular formula is H8AlMoSi2. The molecule has 0 aromatic rings. The van der Waals surface area contributed by atoms with Gasteiger partial charge in [-0.15, -0.1) is 0 Å². The van der Waals surface area contributed by atoms with E-state index in [9.17, 15) is 0 Å². The molecule has 0 aromatic heterocycles. The van der Waals surface area contributed by atoms with Gasteiger partial charge in [-0.2, -0.15) is 0 Å². The van der Waals surface area contributed by atoms with Crippen LogP contribution in [0, 0.1) is 0 Å². The molecule has 0 aliphatic carbocycles. The molecule has 0 aromatic carbocycles. The minimum atomic E-state index is 0. The molecule has 4 heavy (non-hydrogen) atoms. The summed E-state index contributed by atoms with van der Waals surface area (Å²) in [6.45, 7) is 0. The van der Waals surface area contributed by atoms with Crippen molar-refractivity contribution in [1.82, 2.24) is 0 Å². The standard InChI is InChI=1S/Al.Mo.H5Si2.3H/c;;1-2;;;/h;;1H2,2H3;;;. The van der Waals surface area contributed by atoms with Crippen LogP contribution in [0.2, 0.25) is 0 Å². The predicted octanol–water partition coefficient (Wildman–Crippen LogP) is -3.29. The van der Waals surface area contributed by atoms with Gasteiger partial charge in [-0.1, -0.05) is 0 Å². The molecule has 0 radical (unpaired) electrons. The molecular weight excluding hydrogens is 179 g/mol. The van der Waals surface area contributed by atoms with Crippen molar-refractivity contribution in [3.63, 3.8) is 0 Å². The zero-order valence-corrected chi connectivity index (χ0v) is 7.54. The van der Waals surface area contributed by atoms with Gasteiger partial charge in [0.1, 0.15) is 0 Å². The molecule has 0 N–H and O–H groups in total. The summed E-state index contributed by atoms with van der Waals surface area (Å²) in [4.78, 5) is 0. The zero-order valence-electron chi connectivity index (χ0n) is 2.12. The van der Waals surface area contributed by atoms with Crippen molar-refractivity contribution in [2.75, 3.05) is 0 Å². The summed E-state index contributed by atoms with van der Waals surface area (Å²) in [5, 5.41) is 0. The van der Waals surface area contributed by atoms with Crippen molar-refractivity contribution in [3.05, 3.63) is 0 Å². The third-order valence-electron chi connectivity index (χ3n) is 0. The summed E-state index contributed by atoms with van der Waals surface area (Å²) in [6.07, 6.45) is 0. The zero-order chi connectivity index (χ0) is 2.71. The van der Waals surface area contributed by atoms with Crippen LogP contribution in [0.1, 0.15) is 0 Å². The first kappa shape index (κ1) is 9.17. The summed E-state index contributed by atoms with van der Waals surface area (Å²) in [5.74, 6) is 0. The first-order valence-corrected chi connectivity index (χ1v) is 11.5. The molecule has 0 bridgehead atoms. The molecule has 0 aliphatic rings. The van der Waals surface area contributed by atoms with Gasteiger partial charge < -0.3 is 0 Å². The molecule has 0 rings (SSSR count). The summed E-state index contributed by atoms with van der Waals surface area (Å²) >= 11 is 2.27. The molecule has 0 heterocycles. The molecule has 0 saturated heterocycles. The van der Waals surface area contributed by atoms with Crippen LogP contribution in [0.5, 0.6) is 0 Å². The van der Waals surface area contributed by atoms with Crippen LogP contribution in [0.4, 0.5) is 0 Å². The third kappa shape index (κ3) is 9.41. The van der Waals surface area contributed by atoms with Gasteiger partial charge in [-0.25, -0.2) is 0 Å². The van der Waals surface area contributed by atoms with Crippen molar-refractivity contribution < 1.29 is 19.1 Å². The van der Waals surface area contributed by atoms with E-state index in [0.29, 0.717) is 7.01 Å². The fourth-order valence-electron chi connectivity index (χ4n) is 0. The van der Waals surface area contributed by atoms with E-state index in [4.69, 9.17) is 0 Å². The Balaban J connectivity index is 0. The first-order valence-electron chi connectivity index (χ1n) is 0.996. The molecule has 4 heteroatoms. The average Bonchev–Trinajstić information content (AvgIpc) is 0.918. The molecule has 0 nitrogen and oxygen atoms in total. The second kappa shape index (κ2) is 8.82. The van der Waals surface area contributed by atoms with E-state index < -0.39 is 0 Å². The van der Waals surface area contributed by atoms with E-state index in [1.165, 1.54) is 9.76 Å². The van der Waals surface area contributed by atoms with Crippen LogP contribution in [0.3, 0.4) is 0 Å². The second-order valence-corrected chi connectivity index (χ2v) is 15.4. The maximum atomic E-state index is 2.27. The molecule has 0 saturated carbocycles. The number of hydrogen-bond acceptors (Lipinski definition) is 0. The average molecular weight is 187 g/mol. The van der Waals surface area contributed by atoms with Crippen molar-refractivity contribution in [1.29, 1.82) is 0 Å². The number of hydrogen-bond donors (Lipinski definition) is 0. The summed E-state index contributed by atoms with van der Waals surface area (Å²) < 4.78 is 0. The van der Waals surface area contributed by atoms with Crippen LogP contribution >= 0.6 is 0 Å². The van der Waals surface area contributed by atoms with E-state index in [2.05, 4.69) is 19.1 Å². The predicted molar refractivity (Wildman–Crippen MR) is 28.4 cm³/mol. The molecule has 0 spiro atoms. The quantitative estimate of drug-likeness (QED) is 0.349. The fourth-order valence-corrected chi connectivity index (χ4v) is 0. The van der Waals surface area contributed by atoms with Gasteiger partial charge in [0.05, 0.1) is 0 Å². The van der Waals surface area contributed by atoms with Crippen molar-refractivity contribution in [2.24, 2.45) is 0 Å². The SMILES string of the molecule is [AlH3].[SiH3][SiH2][Mo]. The van der Waals surface area contributed by atoms with Crippen LogP contribution in [-0.2, 0) is 19.1 Å². The maximum absolute atomic E-state index is 2.27. The first-order chi connectivity index (χ1) is 1.41. The molecule has 0 atom stereocenters. The summed E-state index contributed by atoms with van der Waals surface area (Å²) in [6, 6.07) is 0. The van der Waals surface area contributed by atoms with Gasteiger partial charge in [0.25, 0.3) is 0 Å². The van der Waals surface area contributed by atoms with Gasteiger partial charge in [0, 0.05) is 0 Å². The Kier molecular flexibility index (Phi) is 20.2. The van der Waals surface area contributed by atoms with E-state index >= 15 is 0 Å². The van der Waals surface area contributed by atoms with Gasteiger partial charge >= 0.3 is 35.9 Å². The Hall–Kier alpha value is 1.65. The molecule has 0 aliphatic heterocycles. The number of rotatable bonds is 0. The van der Waals surface area contributed by atoms with Gasteiger partial charge in [-0.05, 0) is 0 Å². The van der Waals surface area contributed by atoms with Gasteiger partial charge in [0.2, 0.25) is 0 Å².